The van der Waals surface area contributed by atoms with Crippen molar-refractivity contribution in [1.29, 1.82) is 0 Å². The van der Waals surface area contributed by atoms with Crippen LogP contribution in [0, 0.1) is 0 Å². The fraction of sp³-hybridized carbons (Fsp3) is 0.467. The Kier molecular flexibility index (Phi) is 5.68. The molecule has 1 aliphatic rings. The van der Waals surface area contributed by atoms with Gasteiger partial charge in [0.2, 0.25) is 0 Å². The molecule has 0 radical (unpaired) electrons. The van der Waals surface area contributed by atoms with E-state index < -0.39 is 0 Å². The van der Waals surface area contributed by atoms with Crippen LogP contribution in [-0.4, -0.2) is 30.3 Å². The lowest BCUT2D eigenvalue weighted by Gasteiger charge is -2.19. The minimum Gasteiger partial charge on any atom is -0.493 e. The highest BCUT2D eigenvalue weighted by Crippen LogP contribution is 2.32. The molecular weight excluding hydrogens is 241 g/mol. The van der Waals surface area contributed by atoms with Gasteiger partial charge in [-0.15, -0.1) is 9.24 Å². The van der Waals surface area contributed by atoms with E-state index in [2.05, 4.69) is 47.2 Å². The van der Waals surface area contributed by atoms with Crippen LogP contribution in [0.5, 0.6) is 0 Å². The van der Waals surface area contributed by atoms with Crippen molar-refractivity contribution < 1.29 is 4.74 Å². The maximum Gasteiger partial charge on any atom is 0.121 e. The Bertz CT molecular complexity index is 393. The Hall–Kier alpha value is -1.01. The zero-order chi connectivity index (χ0) is 13.7. The van der Waals surface area contributed by atoms with E-state index in [0.717, 1.165) is 30.1 Å². The molecule has 0 saturated heterocycles. The number of allylic oxidation sites excluding steroid dienone is 1. The molecule has 0 fully saturated rings. The quantitative estimate of drug-likeness (QED) is 0.538. The predicted octanol–water partition coefficient (Wildman–Crippen LogP) is 3.50. The van der Waals surface area contributed by atoms with Crippen molar-refractivity contribution in [3.8, 4) is 0 Å². The number of ether oxygens (including phenoxy) is 1. The molecule has 0 aliphatic carbocycles. The number of rotatable bonds is 6. The highest BCUT2D eigenvalue weighted by atomic mass is 31.0. The lowest BCUT2D eigenvalue weighted by atomic mass is 10.1. The number of nitrogens with zero attached hydrogens (tertiary/aromatic N) is 1. The molecule has 2 unspecified atom stereocenters. The van der Waals surface area contributed by atoms with Gasteiger partial charge in [0.05, 0.1) is 6.61 Å². The van der Waals surface area contributed by atoms with Crippen LogP contribution in [-0.2, 0) is 4.74 Å². The summed E-state index contributed by atoms with van der Waals surface area (Å²) in [6.45, 7) is 17.0. The minimum atomic E-state index is 0.421. The van der Waals surface area contributed by atoms with Crippen molar-refractivity contribution in [2.75, 3.05) is 19.7 Å². The lowest BCUT2D eigenvalue weighted by molar-refractivity contribution is 0.225. The van der Waals surface area contributed by atoms with Gasteiger partial charge < -0.3 is 9.64 Å². The fourth-order valence-electron chi connectivity index (χ4n) is 2.01. The lowest BCUT2D eigenvalue weighted by Crippen LogP contribution is -2.18. The number of likely N-dealkylation sites (N-methyl/N-ethyl adjacent to an activating group) is 1. The van der Waals surface area contributed by atoms with Crippen molar-refractivity contribution in [2.24, 2.45) is 0 Å². The van der Waals surface area contributed by atoms with Crippen molar-refractivity contribution in [3.05, 3.63) is 47.9 Å². The third kappa shape index (κ3) is 3.49. The molecule has 1 heterocycles. The molecule has 2 nitrogen and oxygen atoms in total. The van der Waals surface area contributed by atoms with Crippen LogP contribution in [0.4, 0.5) is 0 Å². The third-order valence-corrected chi connectivity index (χ3v) is 3.09. The van der Waals surface area contributed by atoms with Crippen LogP contribution >= 0.6 is 9.24 Å². The van der Waals surface area contributed by atoms with Crippen molar-refractivity contribution >= 4 is 9.24 Å². The van der Waals surface area contributed by atoms with E-state index in [0.29, 0.717) is 12.3 Å². The molecule has 1 rings (SSSR count). The van der Waals surface area contributed by atoms with Crippen LogP contribution in [0.3, 0.4) is 0 Å². The Morgan fingerprint density at radius 1 is 1.61 bits per heavy atom. The summed E-state index contributed by atoms with van der Waals surface area (Å²) in [6, 6.07) is 0. The number of hydrogen-bond acceptors (Lipinski definition) is 2. The topological polar surface area (TPSA) is 12.5 Å². The summed E-state index contributed by atoms with van der Waals surface area (Å²) in [4.78, 5) is 2.24. The van der Waals surface area contributed by atoms with Gasteiger partial charge in [0.25, 0.3) is 0 Å². The monoisotopic (exact) mass is 265 g/mol. The molecule has 0 saturated carbocycles. The second-order valence-electron chi connectivity index (χ2n) is 4.57. The SMILES string of the molecule is C=C(OCC(C)P)C1=C(/C=C\C)CN(CC)C1=C. The highest BCUT2D eigenvalue weighted by Gasteiger charge is 2.25. The summed E-state index contributed by atoms with van der Waals surface area (Å²) in [7, 11) is 2.73. The second kappa shape index (κ2) is 6.80. The van der Waals surface area contributed by atoms with E-state index in [1.165, 1.54) is 5.57 Å². The molecule has 0 amide bonds. The van der Waals surface area contributed by atoms with E-state index in [1.54, 1.807) is 0 Å². The van der Waals surface area contributed by atoms with Crippen molar-refractivity contribution in [3.63, 3.8) is 0 Å². The minimum absolute atomic E-state index is 0.421. The molecule has 0 aromatic rings. The van der Waals surface area contributed by atoms with Gasteiger partial charge >= 0.3 is 0 Å². The van der Waals surface area contributed by atoms with Crippen LogP contribution in [0.2, 0.25) is 0 Å². The largest absolute Gasteiger partial charge is 0.493 e. The molecule has 0 bridgehead atoms. The summed E-state index contributed by atoms with van der Waals surface area (Å²) < 4.78 is 5.73. The summed E-state index contributed by atoms with van der Waals surface area (Å²) in [5.74, 6) is 0.735. The van der Waals surface area contributed by atoms with Gasteiger partial charge in [-0.1, -0.05) is 32.2 Å². The second-order valence-corrected chi connectivity index (χ2v) is 5.71. The summed E-state index contributed by atoms with van der Waals surface area (Å²) in [5.41, 5.74) is 3.75. The van der Waals surface area contributed by atoms with Gasteiger partial charge in [0.1, 0.15) is 5.76 Å². The Morgan fingerprint density at radius 2 is 2.28 bits per heavy atom. The number of hydrogen-bond donors (Lipinski definition) is 0. The molecule has 0 aromatic carbocycles. The molecule has 3 heteroatoms. The first-order chi connectivity index (χ1) is 8.51. The Morgan fingerprint density at radius 3 is 2.78 bits per heavy atom. The molecule has 2 atom stereocenters. The summed E-state index contributed by atoms with van der Waals surface area (Å²) >= 11 is 0. The average molecular weight is 265 g/mol. The normalized spacial score (nSPS) is 17.8. The van der Waals surface area contributed by atoms with Crippen LogP contribution in [0.1, 0.15) is 20.8 Å². The van der Waals surface area contributed by atoms with Crippen molar-refractivity contribution in [1.82, 2.24) is 4.90 Å². The Labute approximate surface area is 113 Å². The van der Waals surface area contributed by atoms with E-state index in [-0.39, 0.29) is 0 Å². The van der Waals surface area contributed by atoms with E-state index >= 15 is 0 Å². The first-order valence-corrected chi connectivity index (χ1v) is 7.05. The molecule has 1 aliphatic heterocycles. The fourth-order valence-corrected chi connectivity index (χ4v) is 2.10. The van der Waals surface area contributed by atoms with Gasteiger partial charge in [0, 0.05) is 30.0 Å². The average Bonchev–Trinajstić information content (AvgIpc) is 2.63. The van der Waals surface area contributed by atoms with Gasteiger partial charge in [-0.25, -0.2) is 0 Å². The summed E-state index contributed by atoms with van der Waals surface area (Å²) in [6.07, 6.45) is 4.17. The van der Waals surface area contributed by atoms with Gasteiger partial charge in [-0.3, -0.25) is 0 Å². The molecule has 0 aromatic heterocycles. The maximum absolute atomic E-state index is 5.73. The van der Waals surface area contributed by atoms with Gasteiger partial charge in [-0.2, -0.15) is 0 Å². The van der Waals surface area contributed by atoms with Gasteiger partial charge in [0.15, 0.2) is 0 Å². The predicted molar refractivity (Wildman–Crippen MR) is 82.5 cm³/mol. The third-order valence-electron chi connectivity index (χ3n) is 2.90. The van der Waals surface area contributed by atoms with E-state index in [4.69, 9.17) is 4.74 Å². The molecule has 0 spiro atoms. The van der Waals surface area contributed by atoms with E-state index in [9.17, 15) is 0 Å². The van der Waals surface area contributed by atoms with Crippen LogP contribution in [0.25, 0.3) is 0 Å². The zero-order valence-corrected chi connectivity index (χ0v) is 12.9. The van der Waals surface area contributed by atoms with Crippen molar-refractivity contribution in [2.45, 2.75) is 26.4 Å². The van der Waals surface area contributed by atoms with Crippen LogP contribution < -0.4 is 0 Å². The zero-order valence-electron chi connectivity index (χ0n) is 11.7. The molecule has 100 valence electrons. The van der Waals surface area contributed by atoms with E-state index in [1.807, 2.05) is 13.0 Å². The smallest absolute Gasteiger partial charge is 0.121 e. The highest BCUT2D eigenvalue weighted by molar-refractivity contribution is 7.17. The molecular formula is C15H24NOP. The Balaban J connectivity index is 2.89. The van der Waals surface area contributed by atoms with Gasteiger partial charge in [-0.05, 0) is 19.4 Å². The molecule has 18 heavy (non-hydrogen) atoms. The first-order valence-electron chi connectivity index (χ1n) is 6.38. The first kappa shape index (κ1) is 15.0. The summed E-state index contributed by atoms with van der Waals surface area (Å²) in [5, 5.41) is 0. The molecule has 0 N–H and O–H groups in total. The maximum atomic E-state index is 5.73. The standard InChI is InChI=1S/C15H24NOP/c1-6-8-14-9-16(7-2)12(4)15(14)13(5)17-10-11(3)18/h6,8,11H,4-5,7,9-10,18H2,1-3H3/b8-6-. The van der Waals surface area contributed by atoms with Crippen LogP contribution in [0.15, 0.2) is 47.9 Å².